The number of tetrazole rings is 1. The van der Waals surface area contributed by atoms with Gasteiger partial charge < -0.3 is 4.74 Å². The van der Waals surface area contributed by atoms with Crippen molar-refractivity contribution in [1.82, 2.24) is 20.2 Å². The van der Waals surface area contributed by atoms with Crippen molar-refractivity contribution < 1.29 is 4.74 Å². The Balaban J connectivity index is 1.42. The largest absolute Gasteiger partial charge is 0.370 e. The average Bonchev–Trinajstić information content (AvgIpc) is 3.06. The van der Waals surface area contributed by atoms with E-state index >= 15 is 0 Å². The Morgan fingerprint density at radius 3 is 2.74 bits per heavy atom. The second-order valence-electron chi connectivity index (χ2n) is 6.52. The van der Waals surface area contributed by atoms with E-state index < -0.39 is 0 Å². The van der Waals surface area contributed by atoms with E-state index in [1.165, 1.54) is 57.8 Å². The molecule has 0 N–H and O–H groups in total. The van der Waals surface area contributed by atoms with Gasteiger partial charge in [-0.15, -0.1) is 5.10 Å². The van der Waals surface area contributed by atoms with E-state index in [1.54, 1.807) is 0 Å². The maximum atomic E-state index is 6.40. The molecule has 1 atom stereocenters. The fourth-order valence-corrected chi connectivity index (χ4v) is 3.76. The third kappa shape index (κ3) is 2.29. The molecule has 5 nitrogen and oxygen atoms in total. The molecule has 3 fully saturated rings. The van der Waals surface area contributed by atoms with Crippen LogP contribution in [0.2, 0.25) is 0 Å². The lowest BCUT2D eigenvalue weighted by atomic mass is 9.83. The zero-order chi connectivity index (χ0) is 12.7. The van der Waals surface area contributed by atoms with Crippen LogP contribution in [0.4, 0.5) is 0 Å². The molecule has 0 radical (unpaired) electrons. The third-order valence-corrected chi connectivity index (χ3v) is 4.98. The normalized spacial score (nSPS) is 30.0. The van der Waals surface area contributed by atoms with Gasteiger partial charge >= 0.3 is 0 Å². The fourth-order valence-electron chi connectivity index (χ4n) is 3.76. The van der Waals surface area contributed by atoms with Gasteiger partial charge in [0, 0.05) is 5.92 Å². The summed E-state index contributed by atoms with van der Waals surface area (Å²) in [6, 6.07) is 0. The van der Waals surface area contributed by atoms with Gasteiger partial charge in [-0.1, -0.05) is 19.3 Å². The van der Waals surface area contributed by atoms with Crippen molar-refractivity contribution in [3.05, 3.63) is 5.82 Å². The van der Waals surface area contributed by atoms with Crippen molar-refractivity contribution >= 4 is 0 Å². The van der Waals surface area contributed by atoms with Crippen molar-refractivity contribution in [3.63, 3.8) is 0 Å². The number of rotatable bonds is 3. The molecule has 0 aromatic carbocycles. The lowest BCUT2D eigenvalue weighted by Crippen LogP contribution is -2.32. The van der Waals surface area contributed by atoms with Gasteiger partial charge in [0.1, 0.15) is 0 Å². The van der Waals surface area contributed by atoms with E-state index in [2.05, 4.69) is 15.5 Å². The first kappa shape index (κ1) is 11.8. The summed E-state index contributed by atoms with van der Waals surface area (Å²) in [5.41, 5.74) is 0.205. The lowest BCUT2D eigenvalue weighted by Gasteiger charge is -2.33. The van der Waals surface area contributed by atoms with Crippen LogP contribution in [-0.4, -0.2) is 31.9 Å². The van der Waals surface area contributed by atoms with Gasteiger partial charge in [0.05, 0.1) is 18.2 Å². The van der Waals surface area contributed by atoms with Crippen molar-refractivity contribution in [1.29, 1.82) is 0 Å². The maximum absolute atomic E-state index is 6.40. The second-order valence-corrected chi connectivity index (χ2v) is 6.52. The standard InChI is InChI=1S/C14H22N4O/c1-2-7-14(8-3-1)9-6-12(19-14)10-18-13(11-4-5-11)15-16-17-18/h11-12H,1-10H2. The quantitative estimate of drug-likeness (QED) is 0.839. The molecule has 1 aliphatic heterocycles. The zero-order valence-corrected chi connectivity index (χ0v) is 11.4. The first-order valence-electron chi connectivity index (χ1n) is 7.79. The SMILES string of the molecule is C1CCC2(CC1)CCC(Cn1nnnc1C1CC1)O2. The molecule has 1 aromatic rings. The van der Waals surface area contributed by atoms with Crippen LogP contribution in [-0.2, 0) is 11.3 Å². The van der Waals surface area contributed by atoms with Crippen molar-refractivity contribution in [3.8, 4) is 0 Å². The monoisotopic (exact) mass is 262 g/mol. The summed E-state index contributed by atoms with van der Waals surface area (Å²) in [5, 5.41) is 12.2. The van der Waals surface area contributed by atoms with E-state index in [-0.39, 0.29) is 5.60 Å². The Hall–Kier alpha value is -0.970. The van der Waals surface area contributed by atoms with Gasteiger partial charge in [-0.05, 0) is 49.0 Å². The van der Waals surface area contributed by atoms with Gasteiger partial charge in [0.2, 0.25) is 0 Å². The first-order valence-corrected chi connectivity index (χ1v) is 7.79. The Labute approximate surface area is 113 Å². The molecular weight excluding hydrogens is 240 g/mol. The predicted molar refractivity (Wildman–Crippen MR) is 69.7 cm³/mol. The van der Waals surface area contributed by atoms with E-state index in [0.29, 0.717) is 12.0 Å². The number of hydrogen-bond acceptors (Lipinski definition) is 4. The molecule has 2 saturated carbocycles. The molecule has 5 heteroatoms. The lowest BCUT2D eigenvalue weighted by molar-refractivity contribution is -0.0691. The van der Waals surface area contributed by atoms with Crippen LogP contribution in [0.25, 0.3) is 0 Å². The van der Waals surface area contributed by atoms with E-state index in [4.69, 9.17) is 4.74 Å². The Morgan fingerprint density at radius 2 is 1.95 bits per heavy atom. The molecule has 19 heavy (non-hydrogen) atoms. The van der Waals surface area contributed by atoms with E-state index in [9.17, 15) is 0 Å². The highest BCUT2D eigenvalue weighted by molar-refractivity contribution is 5.03. The van der Waals surface area contributed by atoms with Gasteiger partial charge in [-0.3, -0.25) is 0 Å². The van der Waals surface area contributed by atoms with Crippen LogP contribution in [0.15, 0.2) is 0 Å². The third-order valence-electron chi connectivity index (χ3n) is 4.98. The first-order chi connectivity index (χ1) is 9.35. The minimum atomic E-state index is 0.205. The van der Waals surface area contributed by atoms with Crippen LogP contribution >= 0.6 is 0 Å². The molecule has 1 unspecified atom stereocenters. The number of ether oxygens (including phenoxy) is 1. The Bertz CT molecular complexity index is 448. The molecule has 104 valence electrons. The fraction of sp³-hybridized carbons (Fsp3) is 0.929. The smallest absolute Gasteiger partial charge is 0.154 e. The molecular formula is C14H22N4O. The van der Waals surface area contributed by atoms with E-state index in [0.717, 1.165) is 12.4 Å². The molecule has 2 heterocycles. The molecule has 0 bridgehead atoms. The highest BCUT2D eigenvalue weighted by atomic mass is 16.5. The molecule has 1 aromatic heterocycles. The van der Waals surface area contributed by atoms with Crippen molar-refractivity contribution in [2.24, 2.45) is 0 Å². The van der Waals surface area contributed by atoms with Gasteiger partial charge in [-0.25, -0.2) is 4.68 Å². The van der Waals surface area contributed by atoms with Crippen LogP contribution < -0.4 is 0 Å². The molecule has 4 rings (SSSR count). The summed E-state index contributed by atoms with van der Waals surface area (Å²) in [6.45, 7) is 0.848. The van der Waals surface area contributed by atoms with Gasteiger partial charge in [-0.2, -0.15) is 0 Å². The summed E-state index contributed by atoms with van der Waals surface area (Å²) >= 11 is 0. The highest BCUT2D eigenvalue weighted by Crippen LogP contribution is 2.43. The van der Waals surface area contributed by atoms with Gasteiger partial charge in [0.15, 0.2) is 5.82 Å². The summed E-state index contributed by atoms with van der Waals surface area (Å²) in [4.78, 5) is 0. The van der Waals surface area contributed by atoms with Crippen LogP contribution in [0.1, 0.15) is 69.5 Å². The Kier molecular flexibility index (Phi) is 2.83. The molecule has 2 aliphatic carbocycles. The summed E-state index contributed by atoms with van der Waals surface area (Å²) < 4.78 is 8.39. The summed E-state index contributed by atoms with van der Waals surface area (Å²) in [5.74, 6) is 1.69. The number of hydrogen-bond donors (Lipinski definition) is 0. The molecule has 1 saturated heterocycles. The number of nitrogens with zero attached hydrogens (tertiary/aromatic N) is 4. The second kappa shape index (κ2) is 4.54. The van der Waals surface area contributed by atoms with Crippen LogP contribution in [0.3, 0.4) is 0 Å². The van der Waals surface area contributed by atoms with Gasteiger partial charge in [0.25, 0.3) is 0 Å². The maximum Gasteiger partial charge on any atom is 0.154 e. The summed E-state index contributed by atoms with van der Waals surface area (Å²) in [6.07, 6.45) is 11.8. The average molecular weight is 262 g/mol. The van der Waals surface area contributed by atoms with Crippen LogP contribution in [0.5, 0.6) is 0 Å². The minimum Gasteiger partial charge on any atom is -0.370 e. The topological polar surface area (TPSA) is 52.8 Å². The molecule has 0 amide bonds. The zero-order valence-electron chi connectivity index (χ0n) is 11.4. The minimum absolute atomic E-state index is 0.205. The predicted octanol–water partition coefficient (Wildman–Crippen LogP) is 2.43. The summed E-state index contributed by atoms with van der Waals surface area (Å²) in [7, 11) is 0. The molecule has 3 aliphatic rings. The Morgan fingerprint density at radius 1 is 1.11 bits per heavy atom. The molecule has 1 spiro atoms. The van der Waals surface area contributed by atoms with Crippen LogP contribution in [0, 0.1) is 0 Å². The van der Waals surface area contributed by atoms with E-state index in [1.807, 2.05) is 4.68 Å². The highest BCUT2D eigenvalue weighted by Gasteiger charge is 2.41. The van der Waals surface area contributed by atoms with Crippen molar-refractivity contribution in [2.45, 2.75) is 82.0 Å². The number of aromatic nitrogens is 4. The van der Waals surface area contributed by atoms with Crippen molar-refractivity contribution in [2.75, 3.05) is 0 Å².